The van der Waals surface area contributed by atoms with Crippen LogP contribution in [0.2, 0.25) is 0 Å². The van der Waals surface area contributed by atoms with Gasteiger partial charge in [-0.15, -0.1) is 0 Å². The Balaban J connectivity index is 1.72. The molecule has 8 heteroatoms. The average Bonchev–Trinajstić information content (AvgIpc) is 3.04. The predicted octanol–water partition coefficient (Wildman–Crippen LogP) is 1.87. The van der Waals surface area contributed by atoms with Crippen LogP contribution in [-0.4, -0.2) is 38.6 Å². The summed E-state index contributed by atoms with van der Waals surface area (Å²) >= 11 is 0. The summed E-state index contributed by atoms with van der Waals surface area (Å²) in [6.45, 7) is 0.241. The van der Waals surface area contributed by atoms with Gasteiger partial charge in [0, 0.05) is 25.2 Å². The molecule has 132 valence electrons. The third kappa shape index (κ3) is 3.59. The molecule has 0 aliphatic carbocycles. The first-order valence-corrected chi connectivity index (χ1v) is 9.16. The molecule has 0 atom stereocenters. The maximum Gasteiger partial charge on any atom is 0.240 e. The van der Waals surface area contributed by atoms with Crippen LogP contribution in [0.3, 0.4) is 0 Å². The van der Waals surface area contributed by atoms with E-state index < -0.39 is 10.0 Å². The van der Waals surface area contributed by atoms with Gasteiger partial charge in [-0.2, -0.15) is 0 Å². The monoisotopic (exact) mass is 361 g/mol. The molecule has 0 saturated carbocycles. The zero-order valence-corrected chi connectivity index (χ0v) is 14.8. The number of benzene rings is 1. The Morgan fingerprint density at radius 1 is 1.12 bits per heavy atom. The van der Waals surface area contributed by atoms with Crippen LogP contribution in [0.4, 0.5) is 0 Å². The van der Waals surface area contributed by atoms with E-state index >= 15 is 0 Å². The summed E-state index contributed by atoms with van der Waals surface area (Å²) < 4.78 is 39.7. The molecule has 0 bridgehead atoms. The van der Waals surface area contributed by atoms with Crippen LogP contribution in [0, 0.1) is 0 Å². The molecule has 3 aromatic rings. The highest BCUT2D eigenvalue weighted by atomic mass is 32.2. The van der Waals surface area contributed by atoms with Gasteiger partial charge in [0.1, 0.15) is 5.82 Å². The molecule has 0 aliphatic rings. The first-order chi connectivity index (χ1) is 12.0. The van der Waals surface area contributed by atoms with Crippen LogP contribution in [0.25, 0.3) is 5.52 Å². The number of nitrogens with one attached hydrogen (secondary N) is 1. The lowest BCUT2D eigenvalue weighted by Gasteiger charge is -2.11. The smallest absolute Gasteiger partial charge is 0.240 e. The lowest BCUT2D eigenvalue weighted by molar-refractivity contribution is 0.354. The fraction of sp³-hybridized carbons (Fsp3) is 0.235. The number of methoxy groups -OCH3 is 2. The molecule has 0 unspecified atom stereocenters. The molecule has 0 saturated heterocycles. The molecular weight excluding hydrogens is 342 g/mol. The number of rotatable bonds is 7. The average molecular weight is 361 g/mol. The first-order valence-electron chi connectivity index (χ1n) is 7.68. The van der Waals surface area contributed by atoms with E-state index in [4.69, 9.17) is 9.47 Å². The third-order valence-corrected chi connectivity index (χ3v) is 5.28. The van der Waals surface area contributed by atoms with Crippen molar-refractivity contribution in [2.45, 2.75) is 11.3 Å². The van der Waals surface area contributed by atoms with Crippen molar-refractivity contribution >= 4 is 15.5 Å². The van der Waals surface area contributed by atoms with E-state index in [0.29, 0.717) is 17.9 Å². The number of hydrogen-bond acceptors (Lipinski definition) is 5. The van der Waals surface area contributed by atoms with E-state index in [1.54, 1.807) is 12.3 Å². The van der Waals surface area contributed by atoms with E-state index in [2.05, 4.69) is 9.71 Å². The third-order valence-electron chi connectivity index (χ3n) is 3.82. The second-order valence-electron chi connectivity index (χ2n) is 5.33. The van der Waals surface area contributed by atoms with Gasteiger partial charge in [-0.3, -0.25) is 0 Å². The Morgan fingerprint density at radius 3 is 2.68 bits per heavy atom. The van der Waals surface area contributed by atoms with Crippen molar-refractivity contribution in [1.82, 2.24) is 14.1 Å². The molecule has 0 radical (unpaired) electrons. The Morgan fingerprint density at radius 2 is 1.92 bits per heavy atom. The highest BCUT2D eigenvalue weighted by Gasteiger charge is 2.17. The second-order valence-corrected chi connectivity index (χ2v) is 7.10. The minimum Gasteiger partial charge on any atom is -0.493 e. The fourth-order valence-corrected chi connectivity index (χ4v) is 3.60. The number of pyridine rings is 1. The number of fused-ring (bicyclic) bond motifs is 1. The number of hydrogen-bond donors (Lipinski definition) is 1. The largest absolute Gasteiger partial charge is 0.493 e. The van der Waals surface area contributed by atoms with Crippen molar-refractivity contribution in [2.75, 3.05) is 20.8 Å². The highest BCUT2D eigenvalue weighted by Crippen LogP contribution is 2.29. The number of nitrogens with zero attached hydrogens (tertiary/aromatic N) is 2. The van der Waals surface area contributed by atoms with Crippen LogP contribution in [0.5, 0.6) is 11.5 Å². The van der Waals surface area contributed by atoms with Crippen molar-refractivity contribution < 1.29 is 17.9 Å². The quantitative estimate of drug-likeness (QED) is 0.695. The molecule has 1 N–H and O–H groups in total. The molecule has 0 spiro atoms. The summed E-state index contributed by atoms with van der Waals surface area (Å²) in [7, 11) is -0.684. The topological polar surface area (TPSA) is 81.9 Å². The maximum absolute atomic E-state index is 12.5. The van der Waals surface area contributed by atoms with E-state index in [1.807, 2.05) is 28.8 Å². The van der Waals surface area contributed by atoms with Crippen molar-refractivity contribution in [3.8, 4) is 11.5 Å². The van der Waals surface area contributed by atoms with Gasteiger partial charge in [-0.05, 0) is 24.3 Å². The molecule has 3 rings (SSSR count). The van der Waals surface area contributed by atoms with E-state index in [9.17, 15) is 8.42 Å². The molecule has 0 aliphatic heterocycles. The minimum absolute atomic E-state index is 0.123. The Labute approximate surface area is 146 Å². The summed E-state index contributed by atoms with van der Waals surface area (Å²) in [5.41, 5.74) is 0.972. The standard InChI is InChI=1S/C17H19N3O4S/c1-23-15-7-6-14(11-16(15)24-2)25(21,22)19-9-8-17-18-12-13-5-3-4-10-20(13)17/h3-7,10-12,19H,8-9H2,1-2H3. The summed E-state index contributed by atoms with van der Waals surface area (Å²) in [5, 5.41) is 0. The molecule has 7 nitrogen and oxygen atoms in total. The van der Waals surface area contributed by atoms with Crippen molar-refractivity contribution in [1.29, 1.82) is 0 Å². The molecule has 0 fully saturated rings. The van der Waals surface area contributed by atoms with Gasteiger partial charge in [0.2, 0.25) is 10.0 Å². The highest BCUT2D eigenvalue weighted by molar-refractivity contribution is 7.89. The Bertz CT molecular complexity index is 982. The molecular formula is C17H19N3O4S. The zero-order chi connectivity index (χ0) is 17.9. The molecule has 2 aromatic heterocycles. The van der Waals surface area contributed by atoms with Gasteiger partial charge in [0.15, 0.2) is 11.5 Å². The van der Waals surface area contributed by atoms with Crippen LogP contribution >= 0.6 is 0 Å². The SMILES string of the molecule is COc1ccc(S(=O)(=O)NCCc2ncc3ccccn23)cc1OC. The maximum atomic E-state index is 12.5. The minimum atomic E-state index is -3.65. The van der Waals surface area contributed by atoms with Crippen LogP contribution in [0.1, 0.15) is 5.82 Å². The normalized spacial score (nSPS) is 11.6. The van der Waals surface area contributed by atoms with E-state index in [1.165, 1.54) is 26.4 Å². The zero-order valence-electron chi connectivity index (χ0n) is 14.0. The molecule has 1 aromatic carbocycles. The summed E-state index contributed by atoms with van der Waals surface area (Å²) in [4.78, 5) is 4.45. The Kier molecular flexibility index (Phi) is 4.91. The van der Waals surface area contributed by atoms with Crippen molar-refractivity contribution in [3.05, 3.63) is 54.6 Å². The van der Waals surface area contributed by atoms with Crippen molar-refractivity contribution in [2.24, 2.45) is 0 Å². The second kappa shape index (κ2) is 7.12. The summed E-state index contributed by atoms with van der Waals surface area (Å²) in [5.74, 6) is 1.64. The van der Waals surface area contributed by atoms with Crippen molar-refractivity contribution in [3.63, 3.8) is 0 Å². The lowest BCUT2D eigenvalue weighted by Crippen LogP contribution is -2.26. The van der Waals surface area contributed by atoms with Crippen LogP contribution < -0.4 is 14.2 Å². The number of imidazole rings is 1. The first kappa shape index (κ1) is 17.2. The number of aromatic nitrogens is 2. The van der Waals surface area contributed by atoms with Crippen LogP contribution in [0.15, 0.2) is 53.7 Å². The number of sulfonamides is 1. The molecule has 0 amide bonds. The van der Waals surface area contributed by atoms with Gasteiger partial charge in [0.25, 0.3) is 0 Å². The summed E-state index contributed by atoms with van der Waals surface area (Å²) in [6, 6.07) is 10.3. The summed E-state index contributed by atoms with van der Waals surface area (Å²) in [6.07, 6.45) is 4.14. The van der Waals surface area contributed by atoms with Gasteiger partial charge >= 0.3 is 0 Å². The fourth-order valence-electron chi connectivity index (χ4n) is 2.55. The molecule has 25 heavy (non-hydrogen) atoms. The van der Waals surface area contributed by atoms with Gasteiger partial charge in [0.05, 0.1) is 30.8 Å². The van der Waals surface area contributed by atoms with E-state index in [-0.39, 0.29) is 11.4 Å². The van der Waals surface area contributed by atoms with E-state index in [0.717, 1.165) is 11.3 Å². The molecule has 2 heterocycles. The number of ether oxygens (including phenoxy) is 2. The van der Waals surface area contributed by atoms with Gasteiger partial charge < -0.3 is 13.9 Å². The predicted molar refractivity (Wildman–Crippen MR) is 93.6 cm³/mol. The Hall–Kier alpha value is -2.58. The van der Waals surface area contributed by atoms with Gasteiger partial charge in [-0.25, -0.2) is 18.1 Å². The van der Waals surface area contributed by atoms with Crippen LogP contribution in [-0.2, 0) is 16.4 Å². The lowest BCUT2D eigenvalue weighted by atomic mass is 10.3. The van der Waals surface area contributed by atoms with Gasteiger partial charge in [-0.1, -0.05) is 6.07 Å².